The Labute approximate surface area is 153 Å². The van der Waals surface area contributed by atoms with Crippen molar-refractivity contribution in [2.45, 2.75) is 13.3 Å². The number of para-hydroxylation sites is 1. The lowest BCUT2D eigenvalue weighted by Gasteiger charge is -2.10. The van der Waals surface area contributed by atoms with Gasteiger partial charge in [-0.3, -0.25) is 4.79 Å². The lowest BCUT2D eigenvalue weighted by atomic mass is 10.1. The van der Waals surface area contributed by atoms with Crippen molar-refractivity contribution in [3.05, 3.63) is 84.4 Å². The average Bonchev–Trinajstić information content (AvgIpc) is 2.68. The standard InChI is InChI=1S/C22H21NO3/c1-2-17-11-13-18(14-12-17)23-22(24)16-25-20-9-6-10-21(15-20)26-19-7-4-3-5-8-19/h3-15H,2,16H2,1H3,(H,23,24). The number of aryl methyl sites for hydroxylation is 1. The lowest BCUT2D eigenvalue weighted by Crippen LogP contribution is -2.20. The predicted octanol–water partition coefficient (Wildman–Crippen LogP) is 5.06. The van der Waals surface area contributed by atoms with E-state index in [-0.39, 0.29) is 12.5 Å². The molecule has 0 bridgehead atoms. The molecule has 0 radical (unpaired) electrons. The third-order valence-electron chi connectivity index (χ3n) is 3.80. The van der Waals surface area contributed by atoms with Crippen LogP contribution in [0.2, 0.25) is 0 Å². The highest BCUT2D eigenvalue weighted by Gasteiger charge is 2.05. The number of carbonyl (C=O) groups excluding carboxylic acids is 1. The molecule has 0 heterocycles. The van der Waals surface area contributed by atoms with Crippen molar-refractivity contribution >= 4 is 11.6 Å². The van der Waals surface area contributed by atoms with Gasteiger partial charge < -0.3 is 14.8 Å². The van der Waals surface area contributed by atoms with E-state index in [1.807, 2.05) is 66.7 Å². The second-order valence-electron chi connectivity index (χ2n) is 5.78. The molecule has 0 aliphatic heterocycles. The quantitative estimate of drug-likeness (QED) is 0.650. The van der Waals surface area contributed by atoms with Crippen LogP contribution in [0.25, 0.3) is 0 Å². The lowest BCUT2D eigenvalue weighted by molar-refractivity contribution is -0.118. The Morgan fingerprint density at radius 3 is 2.27 bits per heavy atom. The summed E-state index contributed by atoms with van der Waals surface area (Å²) in [5, 5.41) is 2.82. The highest BCUT2D eigenvalue weighted by atomic mass is 16.5. The van der Waals surface area contributed by atoms with Crippen LogP contribution in [0.3, 0.4) is 0 Å². The molecule has 0 aliphatic rings. The fourth-order valence-electron chi connectivity index (χ4n) is 2.42. The average molecular weight is 347 g/mol. The summed E-state index contributed by atoms with van der Waals surface area (Å²) < 4.78 is 11.3. The molecule has 3 rings (SSSR count). The van der Waals surface area contributed by atoms with Crippen LogP contribution in [0, 0.1) is 0 Å². The Balaban J connectivity index is 1.53. The second kappa shape index (κ2) is 8.72. The van der Waals surface area contributed by atoms with Gasteiger partial charge in [-0.1, -0.05) is 43.3 Å². The molecule has 1 N–H and O–H groups in total. The first-order chi connectivity index (χ1) is 12.7. The summed E-state index contributed by atoms with van der Waals surface area (Å²) in [6.45, 7) is 2.03. The Morgan fingerprint density at radius 2 is 1.54 bits per heavy atom. The fraction of sp³-hybridized carbons (Fsp3) is 0.136. The van der Waals surface area contributed by atoms with Gasteiger partial charge in [0.05, 0.1) is 0 Å². The number of benzene rings is 3. The molecule has 0 aromatic heterocycles. The van der Waals surface area contributed by atoms with Gasteiger partial charge in [-0.05, 0) is 48.4 Å². The predicted molar refractivity (Wildman–Crippen MR) is 103 cm³/mol. The first-order valence-corrected chi connectivity index (χ1v) is 8.57. The first kappa shape index (κ1) is 17.5. The smallest absolute Gasteiger partial charge is 0.262 e. The molecule has 1 amide bonds. The van der Waals surface area contributed by atoms with Crippen LogP contribution >= 0.6 is 0 Å². The van der Waals surface area contributed by atoms with E-state index in [2.05, 4.69) is 12.2 Å². The molecule has 4 heteroatoms. The monoisotopic (exact) mass is 347 g/mol. The second-order valence-corrected chi connectivity index (χ2v) is 5.78. The zero-order valence-corrected chi connectivity index (χ0v) is 14.6. The summed E-state index contributed by atoms with van der Waals surface area (Å²) in [7, 11) is 0. The Hall–Kier alpha value is -3.27. The van der Waals surface area contributed by atoms with Crippen LogP contribution in [0.4, 0.5) is 5.69 Å². The van der Waals surface area contributed by atoms with Gasteiger partial charge in [0.25, 0.3) is 5.91 Å². The summed E-state index contributed by atoms with van der Waals surface area (Å²) in [5.74, 6) is 1.78. The van der Waals surface area contributed by atoms with E-state index >= 15 is 0 Å². The van der Waals surface area contributed by atoms with E-state index in [0.29, 0.717) is 11.5 Å². The summed E-state index contributed by atoms with van der Waals surface area (Å²) in [5.41, 5.74) is 1.99. The molecule has 0 spiro atoms. The van der Waals surface area contributed by atoms with Crippen LogP contribution in [-0.4, -0.2) is 12.5 Å². The number of nitrogens with one attached hydrogen (secondary N) is 1. The third kappa shape index (κ3) is 5.11. The van der Waals surface area contributed by atoms with Crippen molar-refractivity contribution < 1.29 is 14.3 Å². The van der Waals surface area contributed by atoms with E-state index in [4.69, 9.17) is 9.47 Å². The van der Waals surface area contributed by atoms with E-state index in [0.717, 1.165) is 17.9 Å². The van der Waals surface area contributed by atoms with E-state index < -0.39 is 0 Å². The molecule has 0 fully saturated rings. The van der Waals surface area contributed by atoms with Crippen molar-refractivity contribution in [2.75, 3.05) is 11.9 Å². The number of rotatable bonds is 7. The minimum Gasteiger partial charge on any atom is -0.484 e. The minimum atomic E-state index is -0.205. The van der Waals surface area contributed by atoms with Gasteiger partial charge in [-0.2, -0.15) is 0 Å². The van der Waals surface area contributed by atoms with E-state index in [1.165, 1.54) is 5.56 Å². The minimum absolute atomic E-state index is 0.0652. The molecular weight excluding hydrogens is 326 g/mol. The number of anilines is 1. The van der Waals surface area contributed by atoms with Crippen molar-refractivity contribution in [1.29, 1.82) is 0 Å². The van der Waals surface area contributed by atoms with Crippen molar-refractivity contribution in [2.24, 2.45) is 0 Å². The topological polar surface area (TPSA) is 47.6 Å². The number of carbonyl (C=O) groups is 1. The molecule has 0 aliphatic carbocycles. The van der Waals surface area contributed by atoms with Crippen molar-refractivity contribution in [1.82, 2.24) is 0 Å². The summed E-state index contributed by atoms with van der Waals surface area (Å²) in [6.07, 6.45) is 0.971. The van der Waals surface area contributed by atoms with Gasteiger partial charge in [0.15, 0.2) is 6.61 Å². The summed E-state index contributed by atoms with van der Waals surface area (Å²) in [6, 6.07) is 24.5. The zero-order chi connectivity index (χ0) is 18.2. The molecule has 0 unspecified atom stereocenters. The van der Waals surface area contributed by atoms with Gasteiger partial charge in [0.2, 0.25) is 0 Å². The first-order valence-electron chi connectivity index (χ1n) is 8.57. The van der Waals surface area contributed by atoms with Gasteiger partial charge >= 0.3 is 0 Å². The molecular formula is C22H21NO3. The Bertz CT molecular complexity index is 845. The maximum Gasteiger partial charge on any atom is 0.262 e. The maximum atomic E-state index is 12.0. The number of amides is 1. The Morgan fingerprint density at radius 1 is 0.846 bits per heavy atom. The highest BCUT2D eigenvalue weighted by molar-refractivity contribution is 5.91. The maximum absolute atomic E-state index is 12.0. The molecule has 132 valence electrons. The molecule has 0 saturated carbocycles. The number of hydrogen-bond donors (Lipinski definition) is 1. The fourth-order valence-corrected chi connectivity index (χ4v) is 2.42. The van der Waals surface area contributed by atoms with Gasteiger partial charge in [-0.25, -0.2) is 0 Å². The van der Waals surface area contributed by atoms with Gasteiger partial charge in [0.1, 0.15) is 17.2 Å². The normalized spacial score (nSPS) is 10.2. The highest BCUT2D eigenvalue weighted by Crippen LogP contribution is 2.25. The molecule has 4 nitrogen and oxygen atoms in total. The van der Waals surface area contributed by atoms with Crippen molar-refractivity contribution in [3.8, 4) is 17.2 Å². The van der Waals surface area contributed by atoms with Crippen LogP contribution in [-0.2, 0) is 11.2 Å². The largest absolute Gasteiger partial charge is 0.484 e. The van der Waals surface area contributed by atoms with Crippen molar-refractivity contribution in [3.63, 3.8) is 0 Å². The summed E-state index contributed by atoms with van der Waals surface area (Å²) in [4.78, 5) is 12.0. The van der Waals surface area contributed by atoms with E-state index in [1.54, 1.807) is 12.1 Å². The van der Waals surface area contributed by atoms with Gasteiger partial charge in [-0.15, -0.1) is 0 Å². The molecule has 26 heavy (non-hydrogen) atoms. The van der Waals surface area contributed by atoms with Crippen LogP contribution in [0.15, 0.2) is 78.9 Å². The zero-order valence-electron chi connectivity index (χ0n) is 14.6. The SMILES string of the molecule is CCc1ccc(NC(=O)COc2cccc(Oc3ccccc3)c2)cc1. The van der Waals surface area contributed by atoms with E-state index in [9.17, 15) is 4.79 Å². The van der Waals surface area contributed by atoms with Crippen LogP contribution in [0.1, 0.15) is 12.5 Å². The van der Waals surface area contributed by atoms with Crippen LogP contribution < -0.4 is 14.8 Å². The van der Waals surface area contributed by atoms with Gasteiger partial charge in [0, 0.05) is 11.8 Å². The Kier molecular flexibility index (Phi) is 5.88. The molecule has 0 saturated heterocycles. The summed E-state index contributed by atoms with van der Waals surface area (Å²) >= 11 is 0. The number of hydrogen-bond acceptors (Lipinski definition) is 3. The number of ether oxygens (including phenoxy) is 2. The van der Waals surface area contributed by atoms with Crippen LogP contribution in [0.5, 0.6) is 17.2 Å². The molecule has 0 atom stereocenters. The molecule has 3 aromatic carbocycles. The third-order valence-corrected chi connectivity index (χ3v) is 3.80. The molecule has 3 aromatic rings.